The molecule has 1 aliphatic heterocycles. The molecule has 7 heteroatoms. The third kappa shape index (κ3) is 6.37. The second kappa shape index (κ2) is 12.1. The van der Waals surface area contributed by atoms with E-state index in [1.807, 2.05) is 12.1 Å². The van der Waals surface area contributed by atoms with Gasteiger partial charge in [-0.1, -0.05) is 30.3 Å². The normalized spacial score (nSPS) is 14.0. The zero-order valence-corrected chi connectivity index (χ0v) is 21.1. The van der Waals surface area contributed by atoms with Gasteiger partial charge in [0.1, 0.15) is 0 Å². The van der Waals surface area contributed by atoms with Gasteiger partial charge in [-0.25, -0.2) is 0 Å². The van der Waals surface area contributed by atoms with Gasteiger partial charge in [0, 0.05) is 50.2 Å². The van der Waals surface area contributed by atoms with Crippen LogP contribution in [0.4, 0.5) is 11.4 Å². The van der Waals surface area contributed by atoms with Crippen LogP contribution in [0.25, 0.3) is 6.08 Å². The van der Waals surface area contributed by atoms with E-state index in [-0.39, 0.29) is 5.91 Å². The molecule has 0 atom stereocenters. The second-order valence-electron chi connectivity index (χ2n) is 8.58. The fourth-order valence-electron chi connectivity index (χ4n) is 4.31. The van der Waals surface area contributed by atoms with Crippen molar-refractivity contribution in [3.05, 3.63) is 83.9 Å². The molecular formula is C29H33N3O4. The number of piperazine rings is 1. The molecule has 1 saturated heterocycles. The Hall–Kier alpha value is -3.97. The molecule has 188 valence electrons. The fraction of sp³-hybridized carbons (Fsp3) is 0.276. The van der Waals surface area contributed by atoms with Crippen molar-refractivity contribution in [2.45, 2.75) is 6.54 Å². The molecule has 4 rings (SSSR count). The molecule has 0 spiro atoms. The van der Waals surface area contributed by atoms with E-state index in [0.717, 1.165) is 44.0 Å². The van der Waals surface area contributed by atoms with Crippen molar-refractivity contribution < 1.29 is 19.0 Å². The minimum Gasteiger partial charge on any atom is -0.493 e. The predicted octanol–water partition coefficient (Wildman–Crippen LogP) is 4.69. The molecule has 0 aromatic heterocycles. The maximum absolute atomic E-state index is 12.5. The van der Waals surface area contributed by atoms with E-state index < -0.39 is 0 Å². The number of nitrogens with one attached hydrogen (secondary N) is 1. The Labute approximate surface area is 212 Å². The van der Waals surface area contributed by atoms with E-state index in [1.54, 1.807) is 39.5 Å². The maximum atomic E-state index is 12.5. The largest absolute Gasteiger partial charge is 0.493 e. The third-order valence-electron chi connectivity index (χ3n) is 6.24. The predicted molar refractivity (Wildman–Crippen MR) is 144 cm³/mol. The number of methoxy groups -OCH3 is 3. The van der Waals surface area contributed by atoms with Gasteiger partial charge in [-0.05, 0) is 53.6 Å². The van der Waals surface area contributed by atoms with E-state index in [9.17, 15) is 4.79 Å². The highest BCUT2D eigenvalue weighted by atomic mass is 16.5. The molecule has 7 nitrogen and oxygen atoms in total. The zero-order chi connectivity index (χ0) is 25.3. The molecule has 1 heterocycles. The number of hydrogen-bond donors (Lipinski definition) is 1. The second-order valence-corrected chi connectivity index (χ2v) is 8.58. The summed E-state index contributed by atoms with van der Waals surface area (Å²) in [6.07, 6.45) is 3.20. The Morgan fingerprint density at radius 2 is 1.50 bits per heavy atom. The molecule has 3 aromatic carbocycles. The zero-order valence-electron chi connectivity index (χ0n) is 21.1. The number of carbonyl (C=O) groups excluding carboxylic acids is 1. The number of carbonyl (C=O) groups is 1. The van der Waals surface area contributed by atoms with E-state index in [1.165, 1.54) is 17.3 Å². The maximum Gasteiger partial charge on any atom is 0.248 e. The lowest BCUT2D eigenvalue weighted by Gasteiger charge is -2.36. The molecule has 1 N–H and O–H groups in total. The van der Waals surface area contributed by atoms with Gasteiger partial charge in [0.25, 0.3) is 0 Å². The van der Waals surface area contributed by atoms with Crippen LogP contribution >= 0.6 is 0 Å². The minimum absolute atomic E-state index is 0.217. The van der Waals surface area contributed by atoms with Crippen LogP contribution in [0.3, 0.4) is 0 Å². The molecule has 1 fully saturated rings. The molecule has 0 radical (unpaired) electrons. The Morgan fingerprint density at radius 3 is 2.08 bits per heavy atom. The number of ether oxygens (including phenoxy) is 3. The van der Waals surface area contributed by atoms with Crippen LogP contribution in [0.5, 0.6) is 17.2 Å². The number of anilines is 2. The van der Waals surface area contributed by atoms with Crippen molar-refractivity contribution in [1.82, 2.24) is 4.90 Å². The van der Waals surface area contributed by atoms with Gasteiger partial charge in [0.15, 0.2) is 11.5 Å². The van der Waals surface area contributed by atoms with Crippen LogP contribution in [0.15, 0.2) is 72.8 Å². The standard InChI is InChI=1S/C29H33N3O4/c1-34-26-19-23(20-27(35-2)29(26)36-3)9-14-28(33)30-24-10-12-25(13-11-24)32-17-15-31(16-18-32)21-22-7-5-4-6-8-22/h4-14,19-20H,15-18,21H2,1-3H3,(H,30,33)/b14-9+. The van der Waals surface area contributed by atoms with Crippen LogP contribution < -0.4 is 24.4 Å². The molecule has 36 heavy (non-hydrogen) atoms. The topological polar surface area (TPSA) is 63.3 Å². The Morgan fingerprint density at radius 1 is 0.861 bits per heavy atom. The summed E-state index contributed by atoms with van der Waals surface area (Å²) in [5, 5.41) is 2.92. The lowest BCUT2D eigenvalue weighted by Crippen LogP contribution is -2.45. The average Bonchev–Trinajstić information content (AvgIpc) is 2.92. The first kappa shape index (κ1) is 25.1. The van der Waals surface area contributed by atoms with Crippen LogP contribution in [0.1, 0.15) is 11.1 Å². The number of amides is 1. The lowest BCUT2D eigenvalue weighted by molar-refractivity contribution is -0.111. The number of nitrogens with zero attached hydrogens (tertiary/aromatic N) is 2. The summed E-state index contributed by atoms with van der Waals surface area (Å²) in [5.74, 6) is 1.37. The van der Waals surface area contributed by atoms with Crippen molar-refractivity contribution in [1.29, 1.82) is 0 Å². The molecule has 1 amide bonds. The summed E-state index contributed by atoms with van der Waals surface area (Å²) >= 11 is 0. The van der Waals surface area contributed by atoms with Crippen LogP contribution in [0, 0.1) is 0 Å². The number of benzene rings is 3. The first-order valence-corrected chi connectivity index (χ1v) is 12.0. The first-order chi connectivity index (χ1) is 17.6. The summed E-state index contributed by atoms with van der Waals surface area (Å²) in [7, 11) is 4.68. The highest BCUT2D eigenvalue weighted by Crippen LogP contribution is 2.38. The number of hydrogen-bond acceptors (Lipinski definition) is 6. The van der Waals surface area contributed by atoms with Gasteiger partial charge in [0.05, 0.1) is 21.3 Å². The Balaban J connectivity index is 1.30. The summed E-state index contributed by atoms with van der Waals surface area (Å²) < 4.78 is 16.1. The minimum atomic E-state index is -0.217. The Bertz CT molecular complexity index is 1150. The van der Waals surface area contributed by atoms with Gasteiger partial charge in [-0.3, -0.25) is 9.69 Å². The molecule has 0 aliphatic carbocycles. The van der Waals surface area contributed by atoms with E-state index in [2.05, 4.69) is 57.6 Å². The lowest BCUT2D eigenvalue weighted by atomic mass is 10.1. The summed E-state index contributed by atoms with van der Waals surface area (Å²) in [6, 6.07) is 22.2. The highest BCUT2D eigenvalue weighted by molar-refractivity contribution is 6.02. The third-order valence-corrected chi connectivity index (χ3v) is 6.24. The summed E-state index contributed by atoms with van der Waals surface area (Å²) in [4.78, 5) is 17.4. The molecule has 0 saturated carbocycles. The molecule has 0 bridgehead atoms. The van der Waals surface area contributed by atoms with Crippen LogP contribution in [-0.2, 0) is 11.3 Å². The van der Waals surface area contributed by atoms with Crippen molar-refractivity contribution in [2.24, 2.45) is 0 Å². The molecule has 3 aromatic rings. The molecular weight excluding hydrogens is 454 g/mol. The molecule has 1 aliphatic rings. The van der Waals surface area contributed by atoms with E-state index in [4.69, 9.17) is 14.2 Å². The van der Waals surface area contributed by atoms with Gasteiger partial charge < -0.3 is 24.4 Å². The van der Waals surface area contributed by atoms with Gasteiger partial charge in [-0.2, -0.15) is 0 Å². The van der Waals surface area contributed by atoms with Crippen LogP contribution in [0.2, 0.25) is 0 Å². The van der Waals surface area contributed by atoms with Crippen molar-refractivity contribution >= 4 is 23.4 Å². The Kier molecular flexibility index (Phi) is 8.47. The highest BCUT2D eigenvalue weighted by Gasteiger charge is 2.17. The first-order valence-electron chi connectivity index (χ1n) is 12.0. The van der Waals surface area contributed by atoms with Crippen molar-refractivity contribution in [3.8, 4) is 17.2 Å². The molecule has 0 unspecified atom stereocenters. The average molecular weight is 488 g/mol. The quantitative estimate of drug-likeness (QED) is 0.442. The smallest absolute Gasteiger partial charge is 0.248 e. The van der Waals surface area contributed by atoms with Crippen molar-refractivity contribution in [3.63, 3.8) is 0 Å². The van der Waals surface area contributed by atoms with E-state index in [0.29, 0.717) is 17.2 Å². The van der Waals surface area contributed by atoms with E-state index >= 15 is 0 Å². The van der Waals surface area contributed by atoms with Gasteiger partial charge >= 0.3 is 0 Å². The summed E-state index contributed by atoms with van der Waals surface area (Å²) in [5.41, 5.74) is 4.04. The van der Waals surface area contributed by atoms with Gasteiger partial charge in [-0.15, -0.1) is 0 Å². The summed E-state index contributed by atoms with van der Waals surface area (Å²) in [6.45, 7) is 5.01. The van der Waals surface area contributed by atoms with Crippen LogP contribution in [-0.4, -0.2) is 58.3 Å². The monoisotopic (exact) mass is 487 g/mol. The van der Waals surface area contributed by atoms with Crippen molar-refractivity contribution in [2.75, 3.05) is 57.7 Å². The fourth-order valence-corrected chi connectivity index (χ4v) is 4.31. The van der Waals surface area contributed by atoms with Gasteiger partial charge in [0.2, 0.25) is 11.7 Å². The number of rotatable bonds is 9. The SMILES string of the molecule is COc1cc(/C=C/C(=O)Nc2ccc(N3CCN(Cc4ccccc4)CC3)cc2)cc(OC)c1OC.